The fourth-order valence-corrected chi connectivity index (χ4v) is 4.04. The van der Waals surface area contributed by atoms with E-state index in [0.717, 1.165) is 12.3 Å². The number of hydrogen-bond donors (Lipinski definition) is 2. The van der Waals surface area contributed by atoms with Gasteiger partial charge in [-0.2, -0.15) is 0 Å². The monoisotopic (exact) mass is 451 g/mol. The van der Waals surface area contributed by atoms with Crippen LogP contribution in [0.3, 0.4) is 0 Å². The third-order valence-corrected chi connectivity index (χ3v) is 5.41. The highest BCUT2D eigenvalue weighted by Gasteiger charge is 2.39. The van der Waals surface area contributed by atoms with E-state index in [4.69, 9.17) is 4.74 Å². The van der Waals surface area contributed by atoms with Crippen molar-refractivity contribution in [2.24, 2.45) is 0 Å². The summed E-state index contributed by atoms with van der Waals surface area (Å²) in [6.07, 6.45) is 0.343. The maximum atomic E-state index is 15.9. The number of carboxylic acids is 1. The Bertz CT molecular complexity index is 1140. The number of aromatic nitrogens is 1. The topological polar surface area (TPSA) is 101 Å². The van der Waals surface area contributed by atoms with Crippen molar-refractivity contribution >= 4 is 23.0 Å². The maximum absolute atomic E-state index is 15.9. The van der Waals surface area contributed by atoms with Crippen LogP contribution in [0.5, 0.6) is 0 Å². The van der Waals surface area contributed by atoms with Crippen LogP contribution >= 0.6 is 0 Å². The number of rotatable bonds is 3. The molecule has 2 heterocycles. The Morgan fingerprint density at radius 2 is 1.97 bits per heavy atom. The number of fused-ring (bicyclic) bond motifs is 1. The summed E-state index contributed by atoms with van der Waals surface area (Å²) in [7, 11) is 0. The first-order chi connectivity index (χ1) is 14.9. The summed E-state index contributed by atoms with van der Waals surface area (Å²) < 4.78 is 37.9. The quantitative estimate of drug-likeness (QED) is 0.743. The average molecular weight is 451 g/mol. The van der Waals surface area contributed by atoms with Crippen molar-refractivity contribution in [3.63, 3.8) is 0 Å². The summed E-state index contributed by atoms with van der Waals surface area (Å²) in [6.45, 7) is 9.16. The highest BCUT2D eigenvalue weighted by Crippen LogP contribution is 2.35. The van der Waals surface area contributed by atoms with Crippen LogP contribution in [0.15, 0.2) is 17.1 Å². The van der Waals surface area contributed by atoms with Crippen LogP contribution in [0.2, 0.25) is 0 Å². The molecular formula is C22H27F2N3O5. The number of pyridine rings is 1. The minimum absolute atomic E-state index is 0.146. The van der Waals surface area contributed by atoms with Gasteiger partial charge in [0.2, 0.25) is 5.43 Å². The van der Waals surface area contributed by atoms with Crippen LogP contribution in [0.25, 0.3) is 10.9 Å². The molecule has 1 aromatic heterocycles. The van der Waals surface area contributed by atoms with Gasteiger partial charge in [0.15, 0.2) is 5.82 Å². The van der Waals surface area contributed by atoms with Crippen LogP contribution in [0.4, 0.5) is 13.6 Å². The zero-order valence-corrected chi connectivity index (χ0v) is 18.7. The number of nitrogens with one attached hydrogen (secondary N) is 1. The Labute approximate surface area is 183 Å². The Morgan fingerprint density at radius 1 is 1.31 bits per heavy atom. The van der Waals surface area contributed by atoms with Crippen molar-refractivity contribution in [1.29, 1.82) is 0 Å². The van der Waals surface area contributed by atoms with Crippen molar-refractivity contribution < 1.29 is 28.2 Å². The number of carboxylic acid groups (broad SMARTS) is 1. The number of aryl methyl sites for hydroxylation is 1. The molecule has 174 valence electrons. The molecule has 1 aromatic carbocycles. The maximum Gasteiger partial charge on any atom is 0.410 e. The van der Waals surface area contributed by atoms with Gasteiger partial charge in [-0.1, -0.05) is 0 Å². The van der Waals surface area contributed by atoms with Gasteiger partial charge in [-0.05, 0) is 40.7 Å². The molecule has 0 aliphatic carbocycles. The van der Waals surface area contributed by atoms with Crippen LogP contribution < -0.4 is 10.7 Å². The first-order valence-corrected chi connectivity index (χ1v) is 10.4. The summed E-state index contributed by atoms with van der Waals surface area (Å²) >= 11 is 0. The standard InChI is InChI=1S/C22H27F2N3O5/c1-6-26-10-13(20(29)30)19(28)12-9-14(23)15(16(24)18(12)26)17-11(2)25-7-8-27(17)21(31)32-22(3,4)5/h9-11,17,25H,6-8H2,1-5H3,(H,29,30). The van der Waals surface area contributed by atoms with Gasteiger partial charge in [-0.25, -0.2) is 18.4 Å². The number of nitrogens with zero attached hydrogens (tertiary/aromatic N) is 2. The predicted molar refractivity (Wildman–Crippen MR) is 114 cm³/mol. The van der Waals surface area contributed by atoms with Crippen LogP contribution in [-0.4, -0.2) is 51.4 Å². The molecule has 0 bridgehead atoms. The second-order valence-electron chi connectivity index (χ2n) is 8.81. The van der Waals surface area contributed by atoms with E-state index in [1.807, 2.05) is 0 Å². The van der Waals surface area contributed by atoms with Crippen molar-refractivity contribution in [1.82, 2.24) is 14.8 Å². The van der Waals surface area contributed by atoms with Gasteiger partial charge in [0.25, 0.3) is 0 Å². The molecule has 2 aromatic rings. The number of halogens is 2. The van der Waals surface area contributed by atoms with E-state index >= 15 is 8.78 Å². The van der Waals surface area contributed by atoms with Crippen molar-refractivity contribution in [3.05, 3.63) is 45.2 Å². The van der Waals surface area contributed by atoms with Gasteiger partial charge in [-0.15, -0.1) is 0 Å². The van der Waals surface area contributed by atoms with Crippen LogP contribution in [0.1, 0.15) is 56.6 Å². The van der Waals surface area contributed by atoms with E-state index in [9.17, 15) is 19.5 Å². The van der Waals surface area contributed by atoms with Gasteiger partial charge in [0.05, 0.1) is 16.9 Å². The molecule has 2 N–H and O–H groups in total. The fraction of sp³-hybridized carbons (Fsp3) is 0.500. The molecule has 0 radical (unpaired) electrons. The van der Waals surface area contributed by atoms with Gasteiger partial charge in [0.1, 0.15) is 17.0 Å². The number of piperazine rings is 1. The zero-order valence-electron chi connectivity index (χ0n) is 18.7. The van der Waals surface area contributed by atoms with Crippen molar-refractivity contribution in [2.75, 3.05) is 13.1 Å². The first kappa shape index (κ1) is 23.6. The summed E-state index contributed by atoms with van der Waals surface area (Å²) in [5, 5.41) is 12.0. The minimum atomic E-state index is -1.48. The van der Waals surface area contributed by atoms with Gasteiger partial charge in [-0.3, -0.25) is 9.69 Å². The minimum Gasteiger partial charge on any atom is -0.477 e. The number of carbonyl (C=O) groups is 2. The third-order valence-electron chi connectivity index (χ3n) is 5.41. The second kappa shape index (κ2) is 8.50. The van der Waals surface area contributed by atoms with Gasteiger partial charge >= 0.3 is 12.1 Å². The van der Waals surface area contributed by atoms with Gasteiger partial charge in [0, 0.05) is 37.4 Å². The highest BCUT2D eigenvalue weighted by atomic mass is 19.1. The first-order valence-electron chi connectivity index (χ1n) is 10.4. The number of ether oxygens (including phenoxy) is 1. The van der Waals surface area contributed by atoms with Crippen molar-refractivity contribution in [2.45, 2.75) is 58.8 Å². The number of carbonyl (C=O) groups excluding carboxylic acids is 1. The Balaban J connectivity index is 2.27. The Hall–Kier alpha value is -3.01. The smallest absolute Gasteiger partial charge is 0.410 e. The highest BCUT2D eigenvalue weighted by molar-refractivity contribution is 5.93. The van der Waals surface area contributed by atoms with Crippen molar-refractivity contribution in [3.8, 4) is 0 Å². The number of aromatic carboxylic acids is 1. The molecule has 1 fully saturated rings. The number of hydrogen-bond acceptors (Lipinski definition) is 5. The summed E-state index contributed by atoms with van der Waals surface area (Å²) in [6, 6.07) is -0.705. The second-order valence-corrected chi connectivity index (χ2v) is 8.81. The summed E-state index contributed by atoms with van der Waals surface area (Å²) in [5.74, 6) is -3.53. The molecule has 2 unspecified atom stereocenters. The molecule has 1 aliphatic rings. The van der Waals surface area contributed by atoms with Gasteiger partial charge < -0.3 is 19.7 Å². The lowest BCUT2D eigenvalue weighted by molar-refractivity contribution is 0.00546. The molecule has 1 amide bonds. The molecular weight excluding hydrogens is 424 g/mol. The van der Waals surface area contributed by atoms with Crippen LogP contribution in [-0.2, 0) is 11.3 Å². The Morgan fingerprint density at radius 3 is 2.53 bits per heavy atom. The zero-order chi connectivity index (χ0) is 24.0. The van der Waals surface area contributed by atoms with E-state index in [1.54, 1.807) is 34.6 Å². The molecule has 8 nitrogen and oxygen atoms in total. The largest absolute Gasteiger partial charge is 0.477 e. The number of amides is 1. The fourth-order valence-electron chi connectivity index (χ4n) is 4.04. The summed E-state index contributed by atoms with van der Waals surface area (Å²) in [5.41, 5.74) is -2.94. The van der Waals surface area contributed by atoms with E-state index in [-0.39, 0.29) is 29.6 Å². The molecule has 2 atom stereocenters. The number of benzene rings is 1. The molecule has 0 spiro atoms. The molecule has 10 heteroatoms. The average Bonchev–Trinajstić information content (AvgIpc) is 2.68. The molecule has 0 saturated carbocycles. The lowest BCUT2D eigenvalue weighted by atomic mass is 9.93. The SMILES string of the molecule is CCn1cc(C(=O)O)c(=O)c2cc(F)c(C3C(C)NCCN3C(=O)OC(C)(C)C)c(F)c21. The predicted octanol–water partition coefficient (Wildman–Crippen LogP) is 3.27. The summed E-state index contributed by atoms with van der Waals surface area (Å²) in [4.78, 5) is 38.1. The molecule has 3 rings (SSSR count). The molecule has 1 saturated heterocycles. The lowest BCUT2D eigenvalue weighted by Crippen LogP contribution is -2.54. The van der Waals surface area contributed by atoms with Crippen LogP contribution in [0, 0.1) is 11.6 Å². The normalized spacial score (nSPS) is 19.3. The third kappa shape index (κ3) is 4.19. The van der Waals surface area contributed by atoms with E-state index in [2.05, 4.69) is 5.32 Å². The Kier molecular flexibility index (Phi) is 6.28. The van der Waals surface area contributed by atoms with E-state index in [0.29, 0.717) is 6.54 Å². The lowest BCUT2D eigenvalue weighted by Gasteiger charge is -2.41. The molecule has 32 heavy (non-hydrogen) atoms. The molecule has 1 aliphatic heterocycles. The van der Waals surface area contributed by atoms with E-state index in [1.165, 1.54) is 9.47 Å². The van der Waals surface area contributed by atoms with E-state index < -0.39 is 52.4 Å².